The van der Waals surface area contributed by atoms with Crippen LogP contribution in [-0.2, 0) is 0 Å². The molecule has 0 aliphatic heterocycles. The van der Waals surface area contributed by atoms with Gasteiger partial charge in [0.25, 0.3) is 0 Å². The van der Waals surface area contributed by atoms with E-state index in [2.05, 4.69) is 86.0 Å². The molecule has 5 aromatic rings. The van der Waals surface area contributed by atoms with Gasteiger partial charge < -0.3 is 18.9 Å². The predicted molar refractivity (Wildman–Crippen MR) is 180 cm³/mol. The molecule has 0 atom stereocenters. The van der Waals surface area contributed by atoms with E-state index in [1.54, 1.807) is 28.4 Å². The molecule has 0 amide bonds. The Morgan fingerprint density at radius 1 is 0.318 bits per heavy atom. The summed E-state index contributed by atoms with van der Waals surface area (Å²) >= 11 is 0. The molecule has 0 spiro atoms. The molecule has 2 radical (unpaired) electrons. The largest absolute Gasteiger partial charge is 0.497 e. The van der Waals surface area contributed by atoms with E-state index in [4.69, 9.17) is 18.9 Å². The molecule has 5 rings (SSSR count). The van der Waals surface area contributed by atoms with Gasteiger partial charge in [0.1, 0.15) is 23.0 Å². The summed E-state index contributed by atoms with van der Waals surface area (Å²) in [4.78, 5) is 4.64. The SMILES string of the molecule is COc1ccc([N+](c2ccc(OC)cc2)c2c(C)c(C)c([N+](c3ccc(OC)cc3)c3ccc(OC)cc3)c(C)c2C)cc1. The van der Waals surface area contributed by atoms with Crippen LogP contribution >= 0.6 is 0 Å². The highest BCUT2D eigenvalue weighted by molar-refractivity contribution is 5.80. The quantitative estimate of drug-likeness (QED) is 0.152. The molecule has 0 unspecified atom stereocenters. The minimum atomic E-state index is 0.814. The third-order valence-corrected chi connectivity index (χ3v) is 8.32. The highest BCUT2D eigenvalue weighted by atomic mass is 16.5. The van der Waals surface area contributed by atoms with Crippen molar-refractivity contribution in [2.24, 2.45) is 0 Å². The summed E-state index contributed by atoms with van der Waals surface area (Å²) in [5.41, 5.74) is 11.2. The van der Waals surface area contributed by atoms with Crippen molar-refractivity contribution in [3.63, 3.8) is 0 Å². The van der Waals surface area contributed by atoms with Crippen molar-refractivity contribution in [2.75, 3.05) is 28.4 Å². The van der Waals surface area contributed by atoms with Crippen LogP contribution in [0.3, 0.4) is 0 Å². The summed E-state index contributed by atoms with van der Waals surface area (Å²) in [5.74, 6) is 3.26. The third-order valence-electron chi connectivity index (χ3n) is 8.32. The number of hydrogen-bond acceptors (Lipinski definition) is 6. The van der Waals surface area contributed by atoms with E-state index in [0.717, 1.165) is 57.1 Å². The van der Waals surface area contributed by atoms with Gasteiger partial charge in [-0.1, -0.05) is 9.80 Å². The van der Waals surface area contributed by atoms with Crippen LogP contribution in [0.25, 0.3) is 0 Å². The van der Waals surface area contributed by atoms with Gasteiger partial charge in [-0.05, 0) is 76.2 Å². The third kappa shape index (κ3) is 5.87. The second kappa shape index (κ2) is 13.2. The minimum absolute atomic E-state index is 0.814. The van der Waals surface area contributed by atoms with Gasteiger partial charge in [0.05, 0.1) is 28.4 Å². The fraction of sp³-hybridized carbons (Fsp3) is 0.211. The fourth-order valence-electron chi connectivity index (χ4n) is 5.68. The number of benzene rings is 5. The smallest absolute Gasteiger partial charge is 0.199 e. The lowest BCUT2D eigenvalue weighted by molar-refractivity contribution is 0.414. The molecule has 0 aliphatic carbocycles. The normalized spacial score (nSPS) is 11.1. The van der Waals surface area contributed by atoms with Gasteiger partial charge in [0, 0.05) is 70.8 Å². The van der Waals surface area contributed by atoms with Gasteiger partial charge in [-0.15, -0.1) is 0 Å². The highest BCUT2D eigenvalue weighted by Crippen LogP contribution is 2.47. The summed E-state index contributed by atoms with van der Waals surface area (Å²) in [6, 6.07) is 32.8. The molecule has 0 heterocycles. The van der Waals surface area contributed by atoms with E-state index in [0.29, 0.717) is 0 Å². The first kappa shape index (κ1) is 30.7. The van der Waals surface area contributed by atoms with Gasteiger partial charge in [0.2, 0.25) is 0 Å². The minimum Gasteiger partial charge on any atom is -0.497 e. The Labute approximate surface area is 261 Å². The molecule has 0 saturated carbocycles. The van der Waals surface area contributed by atoms with Crippen molar-refractivity contribution in [3.05, 3.63) is 119 Å². The molecule has 6 nitrogen and oxygen atoms in total. The van der Waals surface area contributed by atoms with Gasteiger partial charge in [-0.3, -0.25) is 0 Å². The Hall–Kier alpha value is -4.78. The van der Waals surface area contributed by atoms with Crippen LogP contribution in [0.2, 0.25) is 0 Å². The summed E-state index contributed by atoms with van der Waals surface area (Å²) in [5, 5.41) is 0. The highest BCUT2D eigenvalue weighted by Gasteiger charge is 2.38. The molecule has 0 saturated heterocycles. The van der Waals surface area contributed by atoms with Crippen molar-refractivity contribution >= 4 is 34.1 Å². The van der Waals surface area contributed by atoms with Gasteiger partial charge >= 0.3 is 0 Å². The molecule has 5 aromatic carbocycles. The molecule has 6 heteroatoms. The lowest BCUT2D eigenvalue weighted by Crippen LogP contribution is -2.19. The number of hydrogen-bond donors (Lipinski definition) is 0. The first-order valence-corrected chi connectivity index (χ1v) is 14.6. The standard InChI is InChI=1S/C38H40N2O4/c1-25-26(2)38(40(31-13-21-35(43-7)22-14-31)32-15-23-36(44-8)24-16-32)28(4)27(3)37(25)39(29-9-17-33(41-5)18-10-29)30-11-19-34(42-6)20-12-30/h9-24H,1-8H3/q+2. The number of methoxy groups -OCH3 is 4. The average molecular weight is 589 g/mol. The Kier molecular flexibility index (Phi) is 9.23. The Bertz CT molecular complexity index is 1460. The first-order chi connectivity index (χ1) is 21.3. The number of anilines is 6. The maximum atomic E-state index is 5.48. The van der Waals surface area contributed by atoms with E-state index >= 15 is 0 Å². The maximum Gasteiger partial charge on any atom is 0.199 e. The number of ether oxygens (including phenoxy) is 4. The molecule has 0 bridgehead atoms. The molecule has 224 valence electrons. The molecular weight excluding hydrogens is 548 g/mol. The zero-order valence-corrected chi connectivity index (χ0v) is 26.8. The van der Waals surface area contributed by atoms with Crippen LogP contribution in [0.15, 0.2) is 97.1 Å². The second-order valence-corrected chi connectivity index (χ2v) is 10.7. The van der Waals surface area contributed by atoms with E-state index in [9.17, 15) is 0 Å². The fourth-order valence-corrected chi connectivity index (χ4v) is 5.68. The lowest BCUT2D eigenvalue weighted by Gasteiger charge is -2.22. The van der Waals surface area contributed by atoms with Crippen molar-refractivity contribution < 1.29 is 18.9 Å². The Balaban J connectivity index is 1.74. The summed E-state index contributed by atoms with van der Waals surface area (Å²) < 4.78 is 21.9. The predicted octanol–water partition coefficient (Wildman–Crippen LogP) is 9.82. The van der Waals surface area contributed by atoms with Crippen LogP contribution in [-0.4, -0.2) is 28.4 Å². The van der Waals surface area contributed by atoms with E-state index < -0.39 is 0 Å². The summed E-state index contributed by atoms with van der Waals surface area (Å²) in [7, 11) is 6.75. The topological polar surface area (TPSA) is 48.7 Å². The van der Waals surface area contributed by atoms with E-state index in [1.165, 1.54) is 22.3 Å². The number of rotatable bonds is 10. The molecule has 44 heavy (non-hydrogen) atoms. The molecular formula is C38H40N2O4+2. The molecule has 0 aromatic heterocycles. The van der Waals surface area contributed by atoms with Crippen molar-refractivity contribution in [3.8, 4) is 23.0 Å². The van der Waals surface area contributed by atoms with Crippen LogP contribution in [0.1, 0.15) is 22.3 Å². The lowest BCUT2D eigenvalue weighted by atomic mass is 9.93. The summed E-state index contributed by atoms with van der Waals surface area (Å²) in [6.07, 6.45) is 0. The molecule has 0 N–H and O–H groups in total. The zero-order chi connectivity index (χ0) is 31.4. The average Bonchev–Trinajstić information content (AvgIpc) is 3.08. The van der Waals surface area contributed by atoms with E-state index in [1.807, 2.05) is 48.5 Å². The van der Waals surface area contributed by atoms with E-state index in [-0.39, 0.29) is 0 Å². The Morgan fingerprint density at radius 3 is 0.659 bits per heavy atom. The zero-order valence-electron chi connectivity index (χ0n) is 26.8. The van der Waals surface area contributed by atoms with Crippen molar-refractivity contribution in [2.45, 2.75) is 27.7 Å². The van der Waals surface area contributed by atoms with Gasteiger partial charge in [0.15, 0.2) is 34.1 Å². The Morgan fingerprint density at radius 2 is 0.500 bits per heavy atom. The number of nitrogens with zero attached hydrogens (tertiary/aromatic N) is 2. The first-order valence-electron chi connectivity index (χ1n) is 14.6. The van der Waals surface area contributed by atoms with Crippen LogP contribution in [0.5, 0.6) is 23.0 Å². The van der Waals surface area contributed by atoms with Crippen molar-refractivity contribution in [1.82, 2.24) is 9.80 Å². The molecule has 0 aliphatic rings. The summed E-state index contributed by atoms with van der Waals surface area (Å²) in [6.45, 7) is 8.84. The van der Waals surface area contributed by atoms with Gasteiger partial charge in [-0.25, -0.2) is 0 Å². The van der Waals surface area contributed by atoms with Crippen LogP contribution < -0.4 is 28.7 Å². The van der Waals surface area contributed by atoms with Crippen LogP contribution in [0, 0.1) is 27.7 Å². The van der Waals surface area contributed by atoms with Crippen LogP contribution in [0.4, 0.5) is 34.1 Å². The maximum absolute atomic E-state index is 5.48. The monoisotopic (exact) mass is 588 g/mol. The molecule has 0 fully saturated rings. The van der Waals surface area contributed by atoms with Gasteiger partial charge in [-0.2, -0.15) is 0 Å². The second-order valence-electron chi connectivity index (χ2n) is 10.7. The van der Waals surface area contributed by atoms with Crippen molar-refractivity contribution in [1.29, 1.82) is 0 Å².